The number of nitrogens with zero attached hydrogens (tertiary/aromatic N) is 2. The molecular weight excluding hydrogens is 382 g/mol. The van der Waals surface area contributed by atoms with Crippen LogP contribution in [0.1, 0.15) is 21.7 Å². The number of rotatable bonds is 4. The monoisotopic (exact) mass is 402 g/mol. The van der Waals surface area contributed by atoms with Gasteiger partial charge >= 0.3 is 0 Å². The third-order valence-corrected chi connectivity index (χ3v) is 4.29. The number of furan rings is 1. The smallest absolute Gasteiger partial charge is 0.294 e. The second-order valence-corrected chi connectivity index (χ2v) is 7.18. The van der Waals surface area contributed by atoms with E-state index in [4.69, 9.17) is 8.97 Å². The lowest BCUT2D eigenvalue weighted by atomic mass is 10.2. The lowest BCUT2D eigenvalue weighted by Crippen LogP contribution is -2.29. The van der Waals surface area contributed by atoms with Gasteiger partial charge in [-0.05, 0) is 37.3 Å². The fourth-order valence-corrected chi connectivity index (χ4v) is 2.50. The molecule has 146 valence electrons. The molecule has 2 heterocycles. The first-order chi connectivity index (χ1) is 13.3. The molecule has 0 aliphatic carbocycles. The first-order valence-corrected chi connectivity index (χ1v) is 9.56. The molecule has 1 amide bonds. The van der Waals surface area contributed by atoms with E-state index in [2.05, 4.69) is 10.5 Å². The molecule has 8 nitrogen and oxygen atoms in total. The van der Waals surface area contributed by atoms with Gasteiger partial charge in [0.15, 0.2) is 12.4 Å². The molecule has 0 unspecified atom stereocenters. The van der Waals surface area contributed by atoms with Crippen molar-refractivity contribution in [3.05, 3.63) is 84.1 Å². The average Bonchev–Trinajstić information content (AvgIpc) is 3.15. The summed E-state index contributed by atoms with van der Waals surface area (Å²) in [5.74, 6) is 0.327. The maximum atomic E-state index is 11.7. The van der Waals surface area contributed by atoms with Crippen molar-refractivity contribution >= 4 is 22.2 Å². The van der Waals surface area contributed by atoms with E-state index in [9.17, 15) is 13.2 Å². The van der Waals surface area contributed by atoms with Gasteiger partial charge in [-0.2, -0.15) is 13.5 Å². The fraction of sp³-hybridized carbons (Fsp3) is 0.105. The topological polar surface area (TPSA) is 113 Å². The van der Waals surface area contributed by atoms with Gasteiger partial charge in [0, 0.05) is 6.07 Å². The molecule has 3 aromatic rings. The highest BCUT2D eigenvalue weighted by Gasteiger charge is 2.07. The van der Waals surface area contributed by atoms with Crippen molar-refractivity contribution in [2.24, 2.45) is 12.1 Å². The molecule has 2 N–H and O–H groups in total. The van der Waals surface area contributed by atoms with Gasteiger partial charge in [-0.25, -0.2) is 9.99 Å². The Labute approximate surface area is 162 Å². The van der Waals surface area contributed by atoms with Gasteiger partial charge in [0.05, 0.1) is 17.4 Å². The molecule has 0 fully saturated rings. The van der Waals surface area contributed by atoms with Crippen LogP contribution in [0.2, 0.25) is 0 Å². The Hall–Kier alpha value is -3.30. The van der Waals surface area contributed by atoms with E-state index in [0.29, 0.717) is 11.3 Å². The van der Waals surface area contributed by atoms with Gasteiger partial charge < -0.3 is 4.42 Å². The molecule has 2 aromatic heterocycles. The molecule has 1 aromatic carbocycles. The highest BCUT2D eigenvalue weighted by molar-refractivity contribution is 7.85. The normalized spacial score (nSPS) is 11.0. The van der Waals surface area contributed by atoms with Crippen molar-refractivity contribution in [1.82, 2.24) is 5.43 Å². The molecule has 0 atom stereocenters. The molecule has 0 saturated carbocycles. The molecule has 0 bridgehead atoms. The van der Waals surface area contributed by atoms with Gasteiger partial charge in [0.25, 0.3) is 16.0 Å². The van der Waals surface area contributed by atoms with E-state index in [1.807, 2.05) is 20.2 Å². The van der Waals surface area contributed by atoms with E-state index >= 15 is 0 Å². The van der Waals surface area contributed by atoms with E-state index in [1.165, 1.54) is 18.3 Å². The number of aromatic nitrogens is 1. The third kappa shape index (κ3) is 6.78. The zero-order chi connectivity index (χ0) is 20.6. The zero-order valence-electron chi connectivity index (χ0n) is 15.3. The van der Waals surface area contributed by atoms with Crippen molar-refractivity contribution in [1.29, 1.82) is 0 Å². The Morgan fingerprint density at radius 1 is 1.18 bits per heavy atom. The lowest BCUT2D eigenvalue weighted by Gasteiger charge is -1.96. The first-order valence-electron chi connectivity index (χ1n) is 8.12. The van der Waals surface area contributed by atoms with E-state index in [0.717, 1.165) is 5.56 Å². The van der Waals surface area contributed by atoms with Crippen LogP contribution in [-0.4, -0.2) is 25.1 Å². The Kier molecular flexibility index (Phi) is 7.19. The Balaban J connectivity index is 0.000000221. The summed E-state index contributed by atoms with van der Waals surface area (Å²) < 4.78 is 36.4. The van der Waals surface area contributed by atoms with Crippen LogP contribution in [0, 0.1) is 6.92 Å². The summed E-state index contributed by atoms with van der Waals surface area (Å²) in [4.78, 5) is 11.6. The van der Waals surface area contributed by atoms with Gasteiger partial charge in [-0.1, -0.05) is 17.7 Å². The first kappa shape index (κ1) is 21.0. The molecule has 0 aliphatic rings. The summed E-state index contributed by atoms with van der Waals surface area (Å²) >= 11 is 0. The van der Waals surface area contributed by atoms with E-state index in [-0.39, 0.29) is 10.8 Å². The summed E-state index contributed by atoms with van der Waals surface area (Å²) in [6, 6.07) is 13.0. The Morgan fingerprint density at radius 2 is 1.89 bits per heavy atom. The van der Waals surface area contributed by atoms with Crippen molar-refractivity contribution in [2.75, 3.05) is 0 Å². The third-order valence-electron chi connectivity index (χ3n) is 3.42. The average molecular weight is 402 g/mol. The number of hydrogen-bond acceptors (Lipinski definition) is 5. The standard InChI is InChI=1S/C12H11N3O2.C7H8O3S/c1-15-6-2-4-10(9-15)12(16)14-13-8-11-5-3-7-17-11;1-6-2-4-7(5-3-6)11(8,9)10/h2-9H,1H3;2-5H,1H3,(H,8,9,10)/p+1/b13-8+;. The number of pyridine rings is 1. The highest BCUT2D eigenvalue weighted by Crippen LogP contribution is 2.08. The number of benzene rings is 1. The second kappa shape index (κ2) is 9.58. The molecule has 0 aliphatic heterocycles. The maximum Gasteiger partial charge on any atom is 0.294 e. The zero-order valence-corrected chi connectivity index (χ0v) is 16.1. The van der Waals surface area contributed by atoms with Crippen LogP contribution in [0.3, 0.4) is 0 Å². The quantitative estimate of drug-likeness (QED) is 0.300. The van der Waals surface area contributed by atoms with Crippen LogP contribution in [0.4, 0.5) is 0 Å². The molecule has 0 radical (unpaired) electrons. The van der Waals surface area contributed by atoms with Gasteiger partial charge in [-0.3, -0.25) is 9.35 Å². The Bertz CT molecular complexity index is 1040. The van der Waals surface area contributed by atoms with Crippen LogP contribution < -0.4 is 9.99 Å². The van der Waals surface area contributed by atoms with E-state index < -0.39 is 10.1 Å². The summed E-state index contributed by atoms with van der Waals surface area (Å²) in [6.07, 6.45) is 6.56. The summed E-state index contributed by atoms with van der Waals surface area (Å²) in [5.41, 5.74) is 3.93. The van der Waals surface area contributed by atoms with Crippen LogP contribution in [0.5, 0.6) is 0 Å². The summed E-state index contributed by atoms with van der Waals surface area (Å²) in [5, 5.41) is 3.79. The van der Waals surface area contributed by atoms with E-state index in [1.54, 1.807) is 53.4 Å². The minimum Gasteiger partial charge on any atom is -0.463 e. The van der Waals surface area contributed by atoms with Crippen LogP contribution >= 0.6 is 0 Å². The van der Waals surface area contributed by atoms with Gasteiger partial charge in [-0.15, -0.1) is 0 Å². The number of hydrazone groups is 1. The molecular formula is C19H20N3O5S+. The molecule has 0 saturated heterocycles. The minimum absolute atomic E-state index is 0.0666. The van der Waals surface area contributed by atoms with Gasteiger partial charge in [0.2, 0.25) is 0 Å². The number of aryl methyl sites for hydroxylation is 2. The minimum atomic E-state index is -4.02. The highest BCUT2D eigenvalue weighted by atomic mass is 32.2. The second-order valence-electron chi connectivity index (χ2n) is 5.76. The number of nitrogens with one attached hydrogen (secondary N) is 1. The van der Waals surface area contributed by atoms with Crippen molar-refractivity contribution in [3.63, 3.8) is 0 Å². The molecule has 28 heavy (non-hydrogen) atoms. The van der Waals surface area contributed by atoms with Crippen molar-refractivity contribution in [2.45, 2.75) is 11.8 Å². The number of carbonyl (C=O) groups excluding carboxylic acids is 1. The van der Waals surface area contributed by atoms with Crippen LogP contribution in [-0.2, 0) is 17.2 Å². The predicted molar refractivity (Wildman–Crippen MR) is 102 cm³/mol. The lowest BCUT2D eigenvalue weighted by molar-refractivity contribution is -0.671. The van der Waals surface area contributed by atoms with Crippen LogP contribution in [0.25, 0.3) is 0 Å². The Morgan fingerprint density at radius 3 is 2.46 bits per heavy atom. The van der Waals surface area contributed by atoms with Crippen LogP contribution in [0.15, 0.2) is 81.6 Å². The fourth-order valence-electron chi connectivity index (χ4n) is 2.02. The van der Waals surface area contributed by atoms with Crippen molar-refractivity contribution in [3.8, 4) is 0 Å². The SMILES string of the molecule is C[n+]1cccc(C(=O)N/N=C/c2ccco2)c1.Cc1ccc(S(=O)(=O)O)cc1. The molecule has 9 heteroatoms. The molecule has 3 rings (SSSR count). The number of hydrogen-bond donors (Lipinski definition) is 2. The van der Waals surface area contributed by atoms with Gasteiger partial charge in [0.1, 0.15) is 18.4 Å². The largest absolute Gasteiger partial charge is 0.463 e. The summed E-state index contributed by atoms with van der Waals surface area (Å²) in [6.45, 7) is 1.84. The predicted octanol–water partition coefficient (Wildman–Crippen LogP) is 2.11. The number of amides is 1. The maximum absolute atomic E-state index is 11.7. The molecule has 0 spiro atoms. The van der Waals surface area contributed by atoms with Crippen molar-refractivity contribution < 1.29 is 26.7 Å². The number of carbonyl (C=O) groups is 1. The summed E-state index contributed by atoms with van der Waals surface area (Å²) in [7, 11) is -2.17.